The first-order valence-electron chi connectivity index (χ1n) is 10.5. The third kappa shape index (κ3) is 5.88. The van der Waals surface area contributed by atoms with E-state index in [1.807, 2.05) is 57.2 Å². The Kier molecular flexibility index (Phi) is 7.23. The summed E-state index contributed by atoms with van der Waals surface area (Å²) in [7, 11) is 0. The maximum atomic E-state index is 13.1. The molecule has 0 radical (unpaired) electrons. The highest BCUT2D eigenvalue weighted by Gasteiger charge is 2.39. The number of thioether (sulfide) groups is 1. The predicted molar refractivity (Wildman–Crippen MR) is 121 cm³/mol. The predicted octanol–water partition coefficient (Wildman–Crippen LogP) is 2.75. The fourth-order valence-corrected chi connectivity index (χ4v) is 4.91. The zero-order valence-electron chi connectivity index (χ0n) is 18.0. The Balaban J connectivity index is 1.52. The van der Waals surface area contributed by atoms with Crippen molar-refractivity contribution in [3.63, 3.8) is 0 Å². The fourth-order valence-electron chi connectivity index (χ4n) is 3.75. The third-order valence-corrected chi connectivity index (χ3v) is 6.35. The van der Waals surface area contributed by atoms with Gasteiger partial charge in [0.15, 0.2) is 0 Å². The summed E-state index contributed by atoms with van der Waals surface area (Å²) in [5.74, 6) is 0.996. The molecule has 2 saturated heterocycles. The van der Waals surface area contributed by atoms with Crippen molar-refractivity contribution in [1.29, 1.82) is 0 Å². The number of hydrogen-bond acceptors (Lipinski definition) is 4. The summed E-state index contributed by atoms with van der Waals surface area (Å²) in [5, 5.41) is 2.99. The number of carbonyl (C=O) groups is 3. The molecule has 1 aromatic carbocycles. The van der Waals surface area contributed by atoms with Crippen molar-refractivity contribution in [2.45, 2.75) is 45.2 Å². The second-order valence-corrected chi connectivity index (χ2v) is 9.91. The van der Waals surface area contributed by atoms with Crippen molar-refractivity contribution in [3.8, 4) is 0 Å². The van der Waals surface area contributed by atoms with Gasteiger partial charge in [0.25, 0.3) is 0 Å². The van der Waals surface area contributed by atoms with Crippen LogP contribution in [0.3, 0.4) is 0 Å². The van der Waals surface area contributed by atoms with Gasteiger partial charge in [-0.2, -0.15) is 0 Å². The minimum absolute atomic E-state index is 0.0242. The van der Waals surface area contributed by atoms with E-state index in [0.29, 0.717) is 37.6 Å². The maximum absolute atomic E-state index is 13.1. The summed E-state index contributed by atoms with van der Waals surface area (Å²) in [6.45, 7) is 6.96. The van der Waals surface area contributed by atoms with Crippen LogP contribution in [0.4, 0.5) is 0 Å². The number of amides is 3. The van der Waals surface area contributed by atoms with Crippen LogP contribution in [0.25, 0.3) is 6.08 Å². The van der Waals surface area contributed by atoms with Crippen molar-refractivity contribution in [2.75, 3.05) is 24.7 Å². The normalized spacial score (nSPS) is 20.6. The molecule has 3 amide bonds. The van der Waals surface area contributed by atoms with E-state index in [-0.39, 0.29) is 29.2 Å². The van der Waals surface area contributed by atoms with Crippen molar-refractivity contribution in [3.05, 3.63) is 42.0 Å². The lowest BCUT2D eigenvalue weighted by molar-refractivity contribution is -0.143. The summed E-state index contributed by atoms with van der Waals surface area (Å²) in [6.07, 6.45) is 4.69. The molecular formula is C23H31N3O3S. The molecule has 0 aliphatic carbocycles. The summed E-state index contributed by atoms with van der Waals surface area (Å²) < 4.78 is 0. The van der Waals surface area contributed by atoms with E-state index < -0.39 is 6.04 Å². The van der Waals surface area contributed by atoms with Crippen molar-refractivity contribution in [1.82, 2.24) is 15.1 Å². The molecule has 3 rings (SSSR count). The van der Waals surface area contributed by atoms with Crippen LogP contribution in [0.5, 0.6) is 0 Å². The topological polar surface area (TPSA) is 69.7 Å². The van der Waals surface area contributed by atoms with E-state index in [1.54, 1.807) is 27.6 Å². The van der Waals surface area contributed by atoms with E-state index in [2.05, 4.69) is 5.32 Å². The Morgan fingerprint density at radius 2 is 1.77 bits per heavy atom. The molecule has 1 aromatic rings. The smallest absolute Gasteiger partial charge is 0.246 e. The average Bonchev–Trinajstić information content (AvgIpc) is 3.21. The minimum atomic E-state index is -0.407. The lowest BCUT2D eigenvalue weighted by Gasteiger charge is -2.34. The molecule has 0 bridgehead atoms. The number of hydrogen-bond donors (Lipinski definition) is 1. The maximum Gasteiger partial charge on any atom is 0.246 e. The summed E-state index contributed by atoms with van der Waals surface area (Å²) in [5.41, 5.74) is 0.667. The lowest BCUT2D eigenvalue weighted by atomic mass is 9.94. The van der Waals surface area contributed by atoms with E-state index >= 15 is 0 Å². The first-order valence-corrected chi connectivity index (χ1v) is 11.6. The number of rotatable bonds is 4. The van der Waals surface area contributed by atoms with Crippen LogP contribution in [0.15, 0.2) is 36.4 Å². The summed E-state index contributed by atoms with van der Waals surface area (Å²) >= 11 is 1.62. The molecule has 0 spiro atoms. The highest BCUT2D eigenvalue weighted by atomic mass is 32.2. The SMILES string of the molecule is CC(C)(C)NC(=O)[C@@H]1CSCN1C(=O)C1CCN(C(=O)/C=C/c2ccccc2)CC1. The number of nitrogens with one attached hydrogen (secondary N) is 1. The molecule has 2 aliphatic heterocycles. The Bertz CT molecular complexity index is 796. The van der Waals surface area contributed by atoms with E-state index in [4.69, 9.17) is 0 Å². The van der Waals surface area contributed by atoms with E-state index in [0.717, 1.165) is 5.56 Å². The van der Waals surface area contributed by atoms with Crippen molar-refractivity contribution >= 4 is 35.6 Å². The summed E-state index contributed by atoms with van der Waals surface area (Å²) in [6, 6.07) is 9.32. The molecule has 0 saturated carbocycles. The molecule has 2 heterocycles. The van der Waals surface area contributed by atoms with Gasteiger partial charge < -0.3 is 15.1 Å². The molecule has 6 nitrogen and oxygen atoms in total. The quantitative estimate of drug-likeness (QED) is 0.748. The van der Waals surface area contributed by atoms with Gasteiger partial charge in [0, 0.05) is 36.4 Å². The summed E-state index contributed by atoms with van der Waals surface area (Å²) in [4.78, 5) is 41.7. The Hall–Kier alpha value is -2.28. The van der Waals surface area contributed by atoms with E-state index in [9.17, 15) is 14.4 Å². The average molecular weight is 430 g/mol. The Morgan fingerprint density at radius 1 is 1.10 bits per heavy atom. The third-order valence-electron chi connectivity index (χ3n) is 5.34. The molecule has 30 heavy (non-hydrogen) atoms. The number of benzene rings is 1. The van der Waals surface area contributed by atoms with Crippen molar-refractivity contribution < 1.29 is 14.4 Å². The van der Waals surface area contributed by atoms with Gasteiger partial charge in [0.2, 0.25) is 17.7 Å². The molecule has 1 N–H and O–H groups in total. The van der Waals surface area contributed by atoms with Gasteiger partial charge in [-0.05, 0) is 45.3 Å². The second-order valence-electron chi connectivity index (χ2n) is 8.91. The highest BCUT2D eigenvalue weighted by Crippen LogP contribution is 2.27. The number of likely N-dealkylation sites (tertiary alicyclic amines) is 1. The minimum Gasteiger partial charge on any atom is -0.350 e. The Labute approximate surface area is 183 Å². The molecular weight excluding hydrogens is 398 g/mol. The first kappa shape index (κ1) is 22.4. The fraction of sp³-hybridized carbons (Fsp3) is 0.522. The molecule has 0 aromatic heterocycles. The van der Waals surface area contributed by atoms with Gasteiger partial charge in [-0.15, -0.1) is 11.8 Å². The van der Waals surface area contributed by atoms with Gasteiger partial charge in [0.1, 0.15) is 6.04 Å². The molecule has 2 fully saturated rings. The van der Waals surface area contributed by atoms with Gasteiger partial charge >= 0.3 is 0 Å². The van der Waals surface area contributed by atoms with Crippen LogP contribution in [0, 0.1) is 5.92 Å². The standard InChI is InChI=1S/C23H31N3O3S/c1-23(2,3)24-21(28)19-15-30-16-26(19)22(29)18-11-13-25(14-12-18)20(27)10-9-17-7-5-4-6-8-17/h4-10,18-19H,11-16H2,1-3H3,(H,24,28)/b10-9+/t19-/m0/s1. The molecule has 2 aliphatic rings. The van der Waals surface area contributed by atoms with Crippen LogP contribution in [-0.2, 0) is 14.4 Å². The van der Waals surface area contributed by atoms with Gasteiger partial charge in [-0.1, -0.05) is 30.3 Å². The molecule has 1 atom stereocenters. The van der Waals surface area contributed by atoms with Gasteiger partial charge in [0.05, 0.1) is 5.88 Å². The molecule has 7 heteroatoms. The highest BCUT2D eigenvalue weighted by molar-refractivity contribution is 7.99. The monoisotopic (exact) mass is 429 g/mol. The van der Waals surface area contributed by atoms with Crippen LogP contribution in [0.2, 0.25) is 0 Å². The van der Waals surface area contributed by atoms with Gasteiger partial charge in [-0.3, -0.25) is 14.4 Å². The molecule has 0 unspecified atom stereocenters. The first-order chi connectivity index (χ1) is 14.2. The van der Waals surface area contributed by atoms with E-state index in [1.165, 1.54) is 0 Å². The van der Waals surface area contributed by atoms with Crippen LogP contribution in [-0.4, -0.2) is 63.8 Å². The number of nitrogens with zero attached hydrogens (tertiary/aromatic N) is 2. The second kappa shape index (κ2) is 9.69. The Morgan fingerprint density at radius 3 is 2.40 bits per heavy atom. The van der Waals surface area contributed by atoms with Crippen molar-refractivity contribution in [2.24, 2.45) is 5.92 Å². The largest absolute Gasteiger partial charge is 0.350 e. The van der Waals surface area contributed by atoms with Crippen LogP contribution < -0.4 is 5.32 Å². The zero-order chi connectivity index (χ0) is 21.7. The van der Waals surface area contributed by atoms with Crippen LogP contribution in [0.1, 0.15) is 39.2 Å². The zero-order valence-corrected chi connectivity index (χ0v) is 18.8. The number of piperidine rings is 1. The lowest BCUT2D eigenvalue weighted by Crippen LogP contribution is -2.54. The molecule has 162 valence electrons. The van der Waals surface area contributed by atoms with Crippen LogP contribution >= 0.6 is 11.8 Å². The van der Waals surface area contributed by atoms with Gasteiger partial charge in [-0.25, -0.2) is 0 Å². The number of carbonyl (C=O) groups excluding carboxylic acids is 3.